The lowest BCUT2D eigenvalue weighted by atomic mass is 10.4. The second-order valence-electron chi connectivity index (χ2n) is 9.52. The topological polar surface area (TPSA) is 0 Å². The molecule has 0 aliphatic carbocycles. The maximum atomic E-state index is 6.58. The van der Waals surface area contributed by atoms with Crippen LogP contribution in [0.2, 0.25) is 0 Å². The molecular weight excluding hydrogens is 937 g/mol. The summed E-state index contributed by atoms with van der Waals surface area (Å²) < 4.78 is 0. The van der Waals surface area contributed by atoms with Gasteiger partial charge in [-0.25, -0.2) is 5.92 Å². The van der Waals surface area contributed by atoms with Gasteiger partial charge in [0, 0.05) is 337 Å². The normalized spacial score (nSPS) is 3.92. The quantitative estimate of drug-likeness (QED) is 0.243. The van der Waals surface area contributed by atoms with E-state index in [0.29, 0.717) is 0 Å². The summed E-state index contributed by atoms with van der Waals surface area (Å²) in [5, 5.41) is 0. The molecule has 0 aromatic carbocycles. The number of rotatable bonds is 0. The van der Waals surface area contributed by atoms with E-state index in [1.807, 2.05) is 5.92 Å². The first kappa shape index (κ1) is 60.8. The SMILES string of the molecule is [C-]#CC#CC#CC#CC#CC#CC#CC#CC#CC#CC#CC#CC#CC#CC#CC#CC#CC#CC#CC#CC#CC#CC#CC#CC#CC#CC#CC#CC#CC#CC#CC#CC#CC#CC#CC#CC#CC#CC#C. The smallest absolute Gasteiger partial charge is 0 e. The van der Waals surface area contributed by atoms with Crippen molar-refractivity contribution in [3.05, 3.63) is 6.42 Å². The van der Waals surface area contributed by atoms with E-state index in [4.69, 9.17) is 12.8 Å². The van der Waals surface area contributed by atoms with Gasteiger partial charge in [-0.3, -0.25) is 5.92 Å². The highest BCUT2D eigenvalue weighted by atomic mass is 13.7. The number of hydrogen-bond acceptors (Lipinski definition) is 0. The average Bonchev–Trinajstić information content (AvgIpc) is 3.45. The molecule has 0 atom stereocenters. The fourth-order valence-corrected chi connectivity index (χ4v) is 2.32. The number of hydrogen-bond donors (Lipinski definition) is 0. The summed E-state index contributed by atoms with van der Waals surface area (Å²) in [6, 6.07) is 0. The molecule has 0 bridgehead atoms. The van der Waals surface area contributed by atoms with E-state index in [9.17, 15) is 0 Å². The molecule has 0 aliphatic heterocycles. The summed E-state index contributed by atoms with van der Waals surface area (Å²) in [6.07, 6.45) is 11.5. The molecule has 0 N–H and O–H groups in total. The van der Waals surface area contributed by atoms with E-state index < -0.39 is 0 Å². The third kappa shape index (κ3) is 58.8. The van der Waals surface area contributed by atoms with Crippen LogP contribution in [-0.2, 0) is 0 Å². The fourth-order valence-electron chi connectivity index (χ4n) is 2.32. The Kier molecular flexibility index (Phi) is 46.7. The first-order chi connectivity index (χ1) is 38.9. The molecule has 0 rings (SSSR count). The standard InChI is InChI=1S/C78H/c1-3-5-7-9-11-13-15-17-19-21-23-25-27-29-31-33-35-37-39-41-43-45-47-49-51-53-55-57-59-61-63-65-67-69-71-73-75-77-78-76-74-72-70-68-66-64-62-60-58-56-54-52-50-48-46-44-42-40-38-36-34-32-30-28-26-24-22-20-18-16-14-12-10-8-6-4-2/h1H/q-1. The second kappa shape index (κ2) is 59.8. The summed E-state index contributed by atoms with van der Waals surface area (Å²) in [5.41, 5.74) is 0. The van der Waals surface area contributed by atoms with Crippen LogP contribution in [0.15, 0.2) is 0 Å². The maximum Gasteiger partial charge on any atom is 0 e. The minimum Gasteiger partial charge on any atom is -0.358 e. The molecule has 0 saturated heterocycles. The van der Waals surface area contributed by atoms with Crippen molar-refractivity contribution in [1.82, 2.24) is 0 Å². The molecule has 314 valence electrons. The second-order valence-corrected chi connectivity index (χ2v) is 9.52. The maximum absolute atomic E-state index is 6.58. The Bertz CT molecular complexity index is 4930. The highest BCUT2D eigenvalue weighted by molar-refractivity contribution is 5.53. The lowest BCUT2D eigenvalue weighted by Gasteiger charge is -1.63. The summed E-state index contributed by atoms with van der Waals surface area (Å²) in [7, 11) is 0. The first-order valence-electron chi connectivity index (χ1n) is 19.3. The Labute approximate surface area is 460 Å². The Morgan fingerprint density at radius 1 is 0.103 bits per heavy atom. The lowest BCUT2D eigenvalue weighted by Crippen LogP contribution is -1.57. The van der Waals surface area contributed by atoms with Crippen molar-refractivity contribution >= 4 is 0 Å². The van der Waals surface area contributed by atoms with Crippen LogP contribution in [0.3, 0.4) is 0 Å². The minimum atomic E-state index is 1.87. The molecule has 0 amide bonds. The van der Waals surface area contributed by atoms with Crippen molar-refractivity contribution < 1.29 is 0 Å². The van der Waals surface area contributed by atoms with Crippen LogP contribution in [0.4, 0.5) is 0 Å². The van der Waals surface area contributed by atoms with E-state index in [-0.39, 0.29) is 0 Å². The predicted octanol–water partition coefficient (Wildman–Crippen LogP) is 0.335. The van der Waals surface area contributed by atoms with Gasteiger partial charge in [0.1, 0.15) is 0 Å². The molecule has 0 fully saturated rings. The molecule has 0 heteroatoms. The molecule has 0 heterocycles. The highest BCUT2D eigenvalue weighted by Crippen LogP contribution is 1.65. The summed E-state index contributed by atoms with van der Waals surface area (Å²) >= 11 is 0. The van der Waals surface area contributed by atoms with E-state index in [0.717, 1.165) is 0 Å². The molecule has 0 radical (unpaired) electrons. The van der Waals surface area contributed by atoms with Gasteiger partial charge in [0.25, 0.3) is 0 Å². The van der Waals surface area contributed by atoms with Crippen molar-refractivity contribution in [2.45, 2.75) is 0 Å². The molecule has 0 nitrogen and oxygen atoms in total. The van der Waals surface area contributed by atoms with Gasteiger partial charge < -0.3 is 6.42 Å². The molecule has 0 aliphatic rings. The average molecular weight is 938 g/mol. The summed E-state index contributed by atoms with van der Waals surface area (Å²) in [6.45, 7) is 0. The van der Waals surface area contributed by atoms with Crippen molar-refractivity contribution in [3.8, 4) is 456 Å². The van der Waals surface area contributed by atoms with Crippen LogP contribution in [-0.4, -0.2) is 0 Å². The van der Waals surface area contributed by atoms with Gasteiger partial charge in [0.2, 0.25) is 0 Å². The van der Waals surface area contributed by atoms with Gasteiger partial charge >= 0.3 is 0 Å². The Hall–Kier alpha value is -17.2. The van der Waals surface area contributed by atoms with Crippen molar-refractivity contribution in [2.24, 2.45) is 0 Å². The van der Waals surface area contributed by atoms with Gasteiger partial charge in [-0.2, -0.15) is 0 Å². The van der Waals surface area contributed by atoms with Crippen molar-refractivity contribution in [1.29, 1.82) is 0 Å². The van der Waals surface area contributed by atoms with E-state index in [1.165, 1.54) is 0 Å². The lowest BCUT2D eigenvalue weighted by molar-refractivity contribution is 2.31. The highest BCUT2D eigenvalue weighted by Gasteiger charge is 1.64. The van der Waals surface area contributed by atoms with Crippen LogP contribution in [0.1, 0.15) is 0 Å². The molecule has 0 unspecified atom stereocenters. The van der Waals surface area contributed by atoms with Gasteiger partial charge in [-0.05, 0) is 94.7 Å². The van der Waals surface area contributed by atoms with E-state index in [2.05, 4.69) is 444 Å². The zero-order valence-electron chi connectivity index (χ0n) is 39.1. The minimum absolute atomic E-state index is 1.87. The molecule has 78 heavy (non-hydrogen) atoms. The molecule has 0 aromatic heterocycles. The number of terminal acetylenes is 1. The zero-order valence-corrected chi connectivity index (χ0v) is 39.1. The van der Waals surface area contributed by atoms with Crippen LogP contribution in [0, 0.1) is 463 Å². The van der Waals surface area contributed by atoms with Crippen LogP contribution in [0.25, 0.3) is 0 Å². The van der Waals surface area contributed by atoms with E-state index in [1.54, 1.807) is 0 Å². The van der Waals surface area contributed by atoms with Crippen molar-refractivity contribution in [2.75, 3.05) is 0 Å². The fraction of sp³-hybridized carbons (Fsp3) is 0. The molecule has 0 aromatic rings. The molecule has 0 spiro atoms. The van der Waals surface area contributed by atoms with Crippen LogP contribution in [0.5, 0.6) is 0 Å². The predicted molar refractivity (Wildman–Crippen MR) is 304 cm³/mol. The van der Waals surface area contributed by atoms with Crippen LogP contribution < -0.4 is 0 Å². The Morgan fingerprint density at radius 2 is 0.167 bits per heavy atom. The van der Waals surface area contributed by atoms with Gasteiger partial charge in [0.15, 0.2) is 0 Å². The summed E-state index contributed by atoms with van der Waals surface area (Å²) in [4.78, 5) is 0. The largest absolute Gasteiger partial charge is 0.358 e. The van der Waals surface area contributed by atoms with Gasteiger partial charge in [-0.15, -0.1) is 12.3 Å². The first-order valence-corrected chi connectivity index (χ1v) is 19.3. The third-order valence-electron chi connectivity index (χ3n) is 4.70. The Balaban J connectivity index is 4.61. The summed E-state index contributed by atoms with van der Waals surface area (Å²) in [5.74, 6) is 187. The van der Waals surface area contributed by atoms with Gasteiger partial charge in [0.05, 0.1) is 0 Å². The molecule has 0 saturated carbocycles. The van der Waals surface area contributed by atoms with Crippen molar-refractivity contribution in [3.63, 3.8) is 0 Å². The third-order valence-corrected chi connectivity index (χ3v) is 4.70. The van der Waals surface area contributed by atoms with E-state index >= 15 is 0 Å². The Morgan fingerprint density at radius 3 is 0.231 bits per heavy atom. The monoisotopic (exact) mass is 937 g/mol. The molecular formula is C78H-. The van der Waals surface area contributed by atoms with Crippen LogP contribution >= 0.6 is 0 Å². The zero-order chi connectivity index (χ0) is 55.7. The van der Waals surface area contributed by atoms with Gasteiger partial charge in [-0.1, -0.05) is 0 Å².